The van der Waals surface area contributed by atoms with E-state index in [0.717, 1.165) is 0 Å². The maximum absolute atomic E-state index is 10.7. The van der Waals surface area contributed by atoms with Gasteiger partial charge in [0.25, 0.3) is 0 Å². The summed E-state index contributed by atoms with van der Waals surface area (Å²) >= 11 is 1.41. The van der Waals surface area contributed by atoms with Gasteiger partial charge in [-0.25, -0.2) is 15.0 Å². The van der Waals surface area contributed by atoms with Crippen molar-refractivity contribution in [3.8, 4) is 0 Å². The van der Waals surface area contributed by atoms with Crippen molar-refractivity contribution in [2.45, 2.75) is 18.6 Å². The second kappa shape index (κ2) is 5.21. The number of anilines is 1. The lowest BCUT2D eigenvalue weighted by molar-refractivity contribution is -0.141. The summed E-state index contributed by atoms with van der Waals surface area (Å²) in [7, 11) is 0. The molecule has 0 aliphatic rings. The Morgan fingerprint density at radius 3 is 3.00 bits per heavy atom. The van der Waals surface area contributed by atoms with Crippen molar-refractivity contribution in [2.75, 3.05) is 18.6 Å². The van der Waals surface area contributed by atoms with Gasteiger partial charge in [-0.3, -0.25) is 4.79 Å². The number of aromatic nitrogens is 4. The predicted octanol–water partition coefficient (Wildman–Crippen LogP) is 0.694. The molecule has 2 N–H and O–H groups in total. The second-order valence-corrected chi connectivity index (χ2v) is 4.32. The Kier molecular flexibility index (Phi) is 3.66. The first-order chi connectivity index (χ1) is 8.61. The quantitative estimate of drug-likeness (QED) is 0.494. The molecule has 18 heavy (non-hydrogen) atoms. The Morgan fingerprint density at radius 1 is 1.56 bits per heavy atom. The number of nitrogens with two attached hydrogens (primary N) is 1. The van der Waals surface area contributed by atoms with E-state index in [1.54, 1.807) is 10.9 Å². The molecule has 0 aromatic carbocycles. The largest absolute Gasteiger partial charge is 0.464 e. The van der Waals surface area contributed by atoms with Crippen LogP contribution in [0.2, 0.25) is 0 Å². The van der Waals surface area contributed by atoms with Crippen LogP contribution < -0.4 is 5.73 Å². The van der Waals surface area contributed by atoms with E-state index in [4.69, 9.17) is 10.5 Å². The van der Waals surface area contributed by atoms with Gasteiger partial charge in [0.2, 0.25) is 0 Å². The van der Waals surface area contributed by atoms with Crippen molar-refractivity contribution in [3.63, 3.8) is 0 Å². The fraction of sp³-hybridized carbons (Fsp3) is 0.400. The van der Waals surface area contributed by atoms with Crippen LogP contribution in [0.1, 0.15) is 6.92 Å². The highest BCUT2D eigenvalue weighted by Gasteiger charge is 2.10. The molecule has 0 radical (unpaired) electrons. The van der Waals surface area contributed by atoms with E-state index in [1.165, 1.54) is 18.7 Å². The van der Waals surface area contributed by atoms with Gasteiger partial charge in [-0.2, -0.15) is 0 Å². The number of hydrogen-bond donors (Lipinski definition) is 1. The molecule has 8 heteroatoms. The number of hydrogen-bond acceptors (Lipinski definition) is 7. The molecule has 96 valence electrons. The number of ether oxygens (including phenoxy) is 1. The summed E-state index contributed by atoms with van der Waals surface area (Å²) in [5.74, 6) is 0.0500. The van der Waals surface area contributed by atoms with Gasteiger partial charge in [0, 0.05) is 6.92 Å². The highest BCUT2D eigenvalue weighted by molar-refractivity contribution is 7.98. The van der Waals surface area contributed by atoms with Crippen molar-refractivity contribution >= 4 is 34.7 Å². The first-order valence-corrected chi connectivity index (χ1v) is 6.50. The summed E-state index contributed by atoms with van der Waals surface area (Å²) < 4.78 is 6.67. The monoisotopic (exact) mass is 267 g/mol. The van der Waals surface area contributed by atoms with E-state index in [1.807, 2.05) is 6.26 Å². The van der Waals surface area contributed by atoms with Gasteiger partial charge >= 0.3 is 5.97 Å². The van der Waals surface area contributed by atoms with Crippen LogP contribution in [0.15, 0.2) is 11.5 Å². The second-order valence-electron chi connectivity index (χ2n) is 3.55. The zero-order valence-corrected chi connectivity index (χ0v) is 10.9. The normalized spacial score (nSPS) is 10.8. The van der Waals surface area contributed by atoms with Gasteiger partial charge in [0.15, 0.2) is 16.6 Å². The molecule has 0 bridgehead atoms. The lowest BCUT2D eigenvalue weighted by atomic mass is 10.5. The van der Waals surface area contributed by atoms with Crippen LogP contribution >= 0.6 is 11.8 Å². The molecule has 2 aromatic heterocycles. The molecule has 0 spiro atoms. The SMILES string of the molecule is CSc1nc(N)c2ncn(CCOC(C)=O)c2n1. The first-order valence-electron chi connectivity index (χ1n) is 5.27. The molecule has 0 aliphatic carbocycles. The number of esters is 1. The van der Waals surface area contributed by atoms with Crippen LogP contribution in [-0.2, 0) is 16.1 Å². The molecule has 0 unspecified atom stereocenters. The molecule has 2 aromatic rings. The minimum absolute atomic E-state index is 0.277. The molecule has 7 nitrogen and oxygen atoms in total. The van der Waals surface area contributed by atoms with Crippen molar-refractivity contribution in [1.82, 2.24) is 19.5 Å². The van der Waals surface area contributed by atoms with Crippen LogP contribution in [0.3, 0.4) is 0 Å². The molecule has 2 heterocycles. The van der Waals surface area contributed by atoms with Crippen LogP contribution in [0.4, 0.5) is 5.82 Å². The third-order valence-corrected chi connectivity index (χ3v) is 2.84. The fourth-order valence-electron chi connectivity index (χ4n) is 1.49. The van der Waals surface area contributed by atoms with E-state index < -0.39 is 0 Å². The Bertz CT molecular complexity index is 583. The highest BCUT2D eigenvalue weighted by atomic mass is 32.2. The smallest absolute Gasteiger partial charge is 0.302 e. The molecule has 0 aliphatic heterocycles. The minimum atomic E-state index is -0.307. The Morgan fingerprint density at radius 2 is 2.33 bits per heavy atom. The molecule has 0 atom stereocenters. The van der Waals surface area contributed by atoms with Gasteiger partial charge in [-0.1, -0.05) is 11.8 Å². The third-order valence-electron chi connectivity index (χ3n) is 2.29. The summed E-state index contributed by atoms with van der Waals surface area (Å²) in [4.78, 5) is 23.3. The summed E-state index contributed by atoms with van der Waals surface area (Å²) in [6.07, 6.45) is 3.49. The van der Waals surface area contributed by atoms with E-state index in [-0.39, 0.29) is 12.6 Å². The van der Waals surface area contributed by atoms with Gasteiger partial charge in [0.05, 0.1) is 12.9 Å². The number of carbonyl (C=O) groups is 1. The number of fused-ring (bicyclic) bond motifs is 1. The zero-order chi connectivity index (χ0) is 13.1. The van der Waals surface area contributed by atoms with Gasteiger partial charge < -0.3 is 15.0 Å². The van der Waals surface area contributed by atoms with E-state index >= 15 is 0 Å². The van der Waals surface area contributed by atoms with Crippen LogP contribution in [-0.4, -0.2) is 38.4 Å². The molecular weight excluding hydrogens is 254 g/mol. The van der Waals surface area contributed by atoms with Gasteiger partial charge in [-0.15, -0.1) is 0 Å². The lowest BCUT2D eigenvalue weighted by Crippen LogP contribution is -2.09. The number of rotatable bonds is 4. The summed E-state index contributed by atoms with van der Waals surface area (Å²) in [5.41, 5.74) is 7.01. The maximum atomic E-state index is 10.7. The molecule has 0 saturated carbocycles. The van der Waals surface area contributed by atoms with Crippen LogP contribution in [0.5, 0.6) is 0 Å². The standard InChI is InChI=1S/C10H13N5O2S/c1-6(16)17-4-3-15-5-12-7-8(11)13-10(18-2)14-9(7)15/h5H,3-4H2,1-2H3,(H2,11,13,14). The van der Waals surface area contributed by atoms with Gasteiger partial charge in [-0.05, 0) is 6.26 Å². The molecular formula is C10H13N5O2S. The lowest BCUT2D eigenvalue weighted by Gasteiger charge is -2.05. The van der Waals surface area contributed by atoms with Crippen molar-refractivity contribution in [1.29, 1.82) is 0 Å². The fourth-order valence-corrected chi connectivity index (χ4v) is 1.86. The molecule has 0 amide bonds. The highest BCUT2D eigenvalue weighted by Crippen LogP contribution is 2.19. The van der Waals surface area contributed by atoms with Crippen molar-refractivity contribution in [2.24, 2.45) is 0 Å². The zero-order valence-electron chi connectivity index (χ0n) is 10.1. The average molecular weight is 267 g/mol. The number of thioether (sulfide) groups is 1. The summed E-state index contributed by atoms with van der Waals surface area (Å²) in [5, 5.41) is 0.592. The summed E-state index contributed by atoms with van der Waals surface area (Å²) in [6, 6.07) is 0. The van der Waals surface area contributed by atoms with E-state index in [9.17, 15) is 4.79 Å². The predicted molar refractivity (Wildman–Crippen MR) is 68.1 cm³/mol. The Labute approximate surface area is 108 Å². The molecule has 0 saturated heterocycles. The van der Waals surface area contributed by atoms with Crippen LogP contribution in [0, 0.1) is 0 Å². The average Bonchev–Trinajstić information content (AvgIpc) is 2.72. The van der Waals surface area contributed by atoms with Crippen molar-refractivity contribution < 1.29 is 9.53 Å². The number of carbonyl (C=O) groups excluding carboxylic acids is 1. The molecule has 2 rings (SSSR count). The Balaban J connectivity index is 2.28. The summed E-state index contributed by atoms with van der Waals surface area (Å²) in [6.45, 7) is 2.14. The maximum Gasteiger partial charge on any atom is 0.302 e. The Hall–Kier alpha value is -1.83. The number of nitrogens with zero attached hydrogens (tertiary/aromatic N) is 4. The topological polar surface area (TPSA) is 95.9 Å². The number of imidazole rings is 1. The first kappa shape index (κ1) is 12.6. The minimum Gasteiger partial charge on any atom is -0.464 e. The number of nitrogen functional groups attached to an aromatic ring is 1. The van der Waals surface area contributed by atoms with Crippen molar-refractivity contribution in [3.05, 3.63) is 6.33 Å². The third kappa shape index (κ3) is 2.53. The van der Waals surface area contributed by atoms with Gasteiger partial charge in [0.1, 0.15) is 12.1 Å². The van der Waals surface area contributed by atoms with Crippen LogP contribution in [0.25, 0.3) is 11.2 Å². The van der Waals surface area contributed by atoms with E-state index in [0.29, 0.717) is 28.7 Å². The van der Waals surface area contributed by atoms with E-state index in [2.05, 4.69) is 15.0 Å². The molecule has 0 fully saturated rings.